The Bertz CT molecular complexity index is 607. The van der Waals surface area contributed by atoms with Crippen LogP contribution >= 0.6 is 15.9 Å². The average molecular weight is 305 g/mol. The maximum atomic E-state index is 9.01. The summed E-state index contributed by atoms with van der Waals surface area (Å²) < 4.78 is 0.866. The zero-order chi connectivity index (χ0) is 13.0. The Morgan fingerprint density at radius 2 is 2.06 bits per heavy atom. The van der Waals surface area contributed by atoms with Gasteiger partial charge < -0.3 is 10.7 Å². The monoisotopic (exact) mass is 304 g/mol. The Balaban J connectivity index is 2.33. The Hall–Kier alpha value is -2.17. The van der Waals surface area contributed by atoms with E-state index in [2.05, 4.69) is 42.7 Å². The molecule has 1 aromatic heterocycles. The van der Waals surface area contributed by atoms with Gasteiger partial charge in [-0.25, -0.2) is 10.8 Å². The maximum Gasteiger partial charge on any atom is 0.160 e. The summed E-state index contributed by atoms with van der Waals surface area (Å²) in [4.78, 5) is 8.12. The van der Waals surface area contributed by atoms with Gasteiger partial charge in [0.25, 0.3) is 0 Å². The lowest BCUT2D eigenvalue weighted by Gasteiger charge is -2.08. The summed E-state index contributed by atoms with van der Waals surface area (Å²) in [7, 11) is 0. The Morgan fingerprint density at radius 1 is 1.28 bits per heavy atom. The second-order valence-electron chi connectivity index (χ2n) is 3.36. The summed E-state index contributed by atoms with van der Waals surface area (Å²) in [6, 6.07) is 7.41. The molecule has 0 atom stereocenters. The molecule has 0 saturated heterocycles. The van der Waals surface area contributed by atoms with E-state index in [1.807, 2.05) is 0 Å². The molecule has 0 aliphatic carbocycles. The molecule has 0 saturated carbocycles. The highest BCUT2D eigenvalue weighted by Gasteiger charge is 2.04. The molecule has 1 heterocycles. The van der Waals surface area contributed by atoms with Crippen LogP contribution in [0.15, 0.2) is 35.1 Å². The molecule has 0 radical (unpaired) electrons. The second kappa shape index (κ2) is 5.44. The summed E-state index contributed by atoms with van der Waals surface area (Å²) >= 11 is 3.35. The van der Waals surface area contributed by atoms with Crippen molar-refractivity contribution in [2.24, 2.45) is 5.84 Å². The number of rotatable bonds is 3. The van der Waals surface area contributed by atoms with Crippen molar-refractivity contribution in [3.05, 3.63) is 40.6 Å². The highest BCUT2D eigenvalue weighted by Crippen LogP contribution is 2.23. The number of nitriles is 1. The first-order valence-corrected chi connectivity index (χ1v) is 5.77. The fourth-order valence-electron chi connectivity index (χ4n) is 1.35. The quantitative estimate of drug-likeness (QED) is 0.593. The largest absolute Gasteiger partial charge is 0.338 e. The minimum Gasteiger partial charge on any atom is -0.338 e. The molecular formula is C11H9BrN6. The van der Waals surface area contributed by atoms with Gasteiger partial charge in [0, 0.05) is 4.47 Å². The van der Waals surface area contributed by atoms with Crippen LogP contribution in [0.5, 0.6) is 0 Å². The average Bonchev–Trinajstić information content (AvgIpc) is 2.39. The number of halogens is 1. The van der Waals surface area contributed by atoms with Gasteiger partial charge in [-0.15, -0.1) is 0 Å². The Labute approximate surface area is 112 Å². The van der Waals surface area contributed by atoms with Crippen LogP contribution < -0.4 is 16.6 Å². The number of nitrogen functional groups attached to an aromatic ring is 1. The van der Waals surface area contributed by atoms with Crippen molar-refractivity contribution < 1.29 is 0 Å². The summed E-state index contributed by atoms with van der Waals surface area (Å²) in [6.45, 7) is 0. The fraction of sp³-hybridized carbons (Fsp3) is 0. The lowest BCUT2D eigenvalue weighted by atomic mass is 10.2. The molecule has 0 unspecified atom stereocenters. The van der Waals surface area contributed by atoms with E-state index in [-0.39, 0.29) is 0 Å². The van der Waals surface area contributed by atoms with E-state index in [1.165, 1.54) is 6.20 Å². The fourth-order valence-corrected chi connectivity index (χ4v) is 1.71. The van der Waals surface area contributed by atoms with Crippen molar-refractivity contribution in [1.82, 2.24) is 9.97 Å². The number of nitrogens with zero attached hydrogens (tertiary/aromatic N) is 3. The van der Waals surface area contributed by atoms with Gasteiger partial charge in [-0.2, -0.15) is 5.26 Å². The standard InChI is InChI=1S/C11H9BrN6/c12-8-2-1-7(4-13)9(3-8)16-10-5-15-6-11(17-10)18-14/h1-3,5-6H,14H2,(H2,16,17,18). The highest BCUT2D eigenvalue weighted by molar-refractivity contribution is 9.10. The lowest BCUT2D eigenvalue weighted by Crippen LogP contribution is -2.09. The summed E-state index contributed by atoms with van der Waals surface area (Å²) in [6.07, 6.45) is 3.04. The van der Waals surface area contributed by atoms with Crippen molar-refractivity contribution in [3.63, 3.8) is 0 Å². The number of benzene rings is 1. The van der Waals surface area contributed by atoms with Crippen LogP contribution in [0.1, 0.15) is 5.56 Å². The van der Waals surface area contributed by atoms with Crippen molar-refractivity contribution >= 4 is 33.3 Å². The molecule has 6 nitrogen and oxygen atoms in total. The first-order valence-electron chi connectivity index (χ1n) is 4.98. The number of anilines is 3. The van der Waals surface area contributed by atoms with Crippen molar-refractivity contribution in [2.45, 2.75) is 0 Å². The molecule has 0 aliphatic rings. The van der Waals surface area contributed by atoms with Gasteiger partial charge in [0.05, 0.1) is 23.6 Å². The van der Waals surface area contributed by atoms with E-state index in [4.69, 9.17) is 11.1 Å². The number of nitrogens with two attached hydrogens (primary N) is 1. The zero-order valence-corrected chi connectivity index (χ0v) is 10.8. The minimum atomic E-state index is 0.438. The summed E-state index contributed by atoms with van der Waals surface area (Å²) in [5, 5.41) is 12.0. The SMILES string of the molecule is N#Cc1ccc(Br)cc1Nc1cncc(NN)n1. The minimum absolute atomic E-state index is 0.438. The molecule has 0 spiro atoms. The summed E-state index contributed by atoms with van der Waals surface area (Å²) in [5.41, 5.74) is 3.57. The Morgan fingerprint density at radius 3 is 2.78 bits per heavy atom. The second-order valence-corrected chi connectivity index (χ2v) is 4.28. The number of hydrazine groups is 1. The first kappa shape index (κ1) is 12.3. The van der Waals surface area contributed by atoms with E-state index < -0.39 is 0 Å². The van der Waals surface area contributed by atoms with Crippen LogP contribution in [0.25, 0.3) is 0 Å². The molecular weight excluding hydrogens is 296 g/mol. The highest BCUT2D eigenvalue weighted by atomic mass is 79.9. The van der Waals surface area contributed by atoms with Crippen LogP contribution in [0.4, 0.5) is 17.3 Å². The number of hydrogen-bond donors (Lipinski definition) is 3. The third-order valence-electron chi connectivity index (χ3n) is 2.15. The number of hydrogen-bond acceptors (Lipinski definition) is 6. The van der Waals surface area contributed by atoms with E-state index in [0.29, 0.717) is 22.9 Å². The normalized spacial score (nSPS) is 9.61. The topological polar surface area (TPSA) is 99.7 Å². The first-order chi connectivity index (χ1) is 8.72. The van der Waals surface area contributed by atoms with Gasteiger partial charge in [0.1, 0.15) is 6.07 Å². The molecule has 4 N–H and O–H groups in total. The zero-order valence-electron chi connectivity index (χ0n) is 9.18. The van der Waals surface area contributed by atoms with Gasteiger partial charge in [-0.1, -0.05) is 15.9 Å². The molecule has 0 aliphatic heterocycles. The molecule has 2 aromatic rings. The number of nitrogens with one attached hydrogen (secondary N) is 2. The Kier molecular flexibility index (Phi) is 3.72. The van der Waals surface area contributed by atoms with E-state index in [9.17, 15) is 0 Å². The third-order valence-corrected chi connectivity index (χ3v) is 2.64. The van der Waals surface area contributed by atoms with Crippen molar-refractivity contribution in [2.75, 3.05) is 10.7 Å². The van der Waals surface area contributed by atoms with Crippen LogP contribution in [-0.2, 0) is 0 Å². The molecule has 7 heteroatoms. The van der Waals surface area contributed by atoms with Gasteiger partial charge in [-0.3, -0.25) is 4.98 Å². The van der Waals surface area contributed by atoms with Gasteiger partial charge in [0.15, 0.2) is 11.6 Å². The summed E-state index contributed by atoms with van der Waals surface area (Å²) in [5.74, 6) is 6.19. The van der Waals surface area contributed by atoms with Gasteiger partial charge >= 0.3 is 0 Å². The van der Waals surface area contributed by atoms with Crippen LogP contribution in [-0.4, -0.2) is 9.97 Å². The van der Waals surface area contributed by atoms with Crippen LogP contribution in [0, 0.1) is 11.3 Å². The molecule has 90 valence electrons. The predicted molar refractivity (Wildman–Crippen MR) is 72.0 cm³/mol. The van der Waals surface area contributed by atoms with Crippen LogP contribution in [0.3, 0.4) is 0 Å². The molecule has 0 amide bonds. The lowest BCUT2D eigenvalue weighted by molar-refractivity contribution is 1.16. The third kappa shape index (κ3) is 2.74. The van der Waals surface area contributed by atoms with E-state index >= 15 is 0 Å². The molecule has 0 fully saturated rings. The van der Waals surface area contributed by atoms with E-state index in [0.717, 1.165) is 4.47 Å². The van der Waals surface area contributed by atoms with Crippen LogP contribution in [0.2, 0.25) is 0 Å². The number of aromatic nitrogens is 2. The molecule has 0 bridgehead atoms. The van der Waals surface area contributed by atoms with Crippen molar-refractivity contribution in [1.29, 1.82) is 5.26 Å². The van der Waals surface area contributed by atoms with Crippen molar-refractivity contribution in [3.8, 4) is 6.07 Å². The predicted octanol–water partition coefficient (Wildman–Crippen LogP) is 2.14. The van der Waals surface area contributed by atoms with E-state index in [1.54, 1.807) is 24.4 Å². The molecule has 2 rings (SSSR count). The smallest absolute Gasteiger partial charge is 0.160 e. The maximum absolute atomic E-state index is 9.01. The molecule has 18 heavy (non-hydrogen) atoms. The molecule has 1 aromatic carbocycles. The van der Waals surface area contributed by atoms with Gasteiger partial charge in [-0.05, 0) is 18.2 Å². The van der Waals surface area contributed by atoms with Gasteiger partial charge in [0.2, 0.25) is 0 Å².